The third-order valence-electron chi connectivity index (χ3n) is 5.31. The highest BCUT2D eigenvalue weighted by Gasteiger charge is 2.21. The molecule has 27 heavy (non-hydrogen) atoms. The predicted octanol–water partition coefficient (Wildman–Crippen LogP) is 3.88. The van der Waals surface area contributed by atoms with Crippen molar-refractivity contribution < 1.29 is 9.59 Å². The lowest BCUT2D eigenvalue weighted by Crippen LogP contribution is -2.39. The minimum atomic E-state index is -0.189. The Bertz CT molecular complexity index is 662. The largest absolute Gasteiger partial charge is 0.371 e. The van der Waals surface area contributed by atoms with Crippen LogP contribution in [0.3, 0.4) is 0 Å². The number of rotatable bonds is 5. The maximum Gasteiger partial charge on any atom is 0.319 e. The molecule has 0 radical (unpaired) electrons. The molecule has 6 nitrogen and oxygen atoms in total. The Morgan fingerprint density at radius 1 is 1.04 bits per heavy atom. The second-order valence-corrected chi connectivity index (χ2v) is 7.99. The van der Waals surface area contributed by atoms with Gasteiger partial charge >= 0.3 is 6.03 Å². The average Bonchev–Trinajstić information content (AvgIpc) is 3.16. The molecule has 148 valence electrons. The maximum absolute atomic E-state index is 12.7. The lowest BCUT2D eigenvalue weighted by molar-refractivity contribution is 0.0943. The van der Waals surface area contributed by atoms with Crippen molar-refractivity contribution in [3.8, 4) is 0 Å². The fourth-order valence-electron chi connectivity index (χ4n) is 3.97. The molecule has 3 amide bonds. The van der Waals surface area contributed by atoms with E-state index in [9.17, 15) is 9.59 Å². The predicted molar refractivity (Wildman–Crippen MR) is 110 cm³/mol. The molecule has 1 aromatic rings. The zero-order valence-corrected chi connectivity index (χ0v) is 16.5. The van der Waals surface area contributed by atoms with Gasteiger partial charge < -0.3 is 20.9 Å². The van der Waals surface area contributed by atoms with Crippen LogP contribution >= 0.6 is 0 Å². The van der Waals surface area contributed by atoms with E-state index in [2.05, 4.69) is 20.9 Å². The van der Waals surface area contributed by atoms with Crippen LogP contribution in [0, 0.1) is 0 Å². The fourth-order valence-corrected chi connectivity index (χ4v) is 3.97. The molecule has 3 rings (SSSR count). The average molecular weight is 373 g/mol. The van der Waals surface area contributed by atoms with E-state index in [0.29, 0.717) is 11.3 Å². The molecule has 0 bridgehead atoms. The molecule has 2 aliphatic rings. The highest BCUT2D eigenvalue weighted by atomic mass is 16.2. The van der Waals surface area contributed by atoms with E-state index in [0.717, 1.165) is 44.5 Å². The Kier molecular flexibility index (Phi) is 6.58. The summed E-state index contributed by atoms with van der Waals surface area (Å²) >= 11 is 0. The van der Waals surface area contributed by atoms with E-state index >= 15 is 0 Å². The van der Waals surface area contributed by atoms with Gasteiger partial charge in [-0.2, -0.15) is 0 Å². The van der Waals surface area contributed by atoms with Crippen LogP contribution in [0.1, 0.15) is 69.2 Å². The molecule has 0 spiro atoms. The second kappa shape index (κ2) is 9.11. The van der Waals surface area contributed by atoms with Crippen molar-refractivity contribution >= 4 is 23.3 Å². The number of benzene rings is 1. The van der Waals surface area contributed by atoms with Gasteiger partial charge in [-0.1, -0.05) is 19.3 Å². The quantitative estimate of drug-likeness (QED) is 0.734. The SMILES string of the molecule is CC(C)NC(=O)c1cc(NC(=O)NC2CCCCC2)ccc1N1CCCC1. The Hall–Kier alpha value is -2.24. The van der Waals surface area contributed by atoms with Crippen molar-refractivity contribution in [3.05, 3.63) is 23.8 Å². The number of urea groups is 1. The van der Waals surface area contributed by atoms with Crippen LogP contribution < -0.4 is 20.9 Å². The van der Waals surface area contributed by atoms with E-state index in [-0.39, 0.29) is 24.0 Å². The van der Waals surface area contributed by atoms with Crippen molar-refractivity contribution in [1.82, 2.24) is 10.6 Å². The number of nitrogens with zero attached hydrogens (tertiary/aromatic N) is 1. The lowest BCUT2D eigenvalue weighted by Gasteiger charge is -2.24. The smallest absolute Gasteiger partial charge is 0.319 e. The van der Waals surface area contributed by atoms with Crippen molar-refractivity contribution in [3.63, 3.8) is 0 Å². The Morgan fingerprint density at radius 2 is 1.74 bits per heavy atom. The standard InChI is InChI=1S/C21H32N4O2/c1-15(2)22-20(26)18-14-17(10-11-19(18)25-12-6-7-13-25)24-21(27)23-16-8-4-3-5-9-16/h10-11,14-16H,3-9,12-13H2,1-2H3,(H,22,26)(H2,23,24,27). The first-order valence-corrected chi connectivity index (χ1v) is 10.3. The van der Waals surface area contributed by atoms with E-state index < -0.39 is 0 Å². The van der Waals surface area contributed by atoms with Crippen LogP contribution in [0.4, 0.5) is 16.2 Å². The van der Waals surface area contributed by atoms with Gasteiger partial charge in [-0.3, -0.25) is 4.79 Å². The number of hydrogen-bond acceptors (Lipinski definition) is 3. The normalized spacial score (nSPS) is 17.8. The molecule has 3 N–H and O–H groups in total. The zero-order chi connectivity index (χ0) is 19.2. The Morgan fingerprint density at radius 3 is 2.41 bits per heavy atom. The van der Waals surface area contributed by atoms with Crippen molar-refractivity contribution in [2.24, 2.45) is 0 Å². The molecule has 1 aromatic carbocycles. The Labute approximate surface area is 162 Å². The third kappa shape index (κ3) is 5.37. The van der Waals surface area contributed by atoms with Crippen LogP contribution in [-0.2, 0) is 0 Å². The van der Waals surface area contributed by atoms with Crippen LogP contribution in [0.5, 0.6) is 0 Å². The molecule has 1 aliphatic heterocycles. The number of carbonyl (C=O) groups is 2. The van der Waals surface area contributed by atoms with Crippen LogP contribution in [-0.4, -0.2) is 37.1 Å². The molecule has 0 aromatic heterocycles. The van der Waals surface area contributed by atoms with Gasteiger partial charge in [0.1, 0.15) is 0 Å². The molecule has 1 saturated carbocycles. The molecular weight excluding hydrogens is 340 g/mol. The van der Waals surface area contributed by atoms with Gasteiger partial charge in [-0.25, -0.2) is 4.79 Å². The highest BCUT2D eigenvalue weighted by Crippen LogP contribution is 2.28. The number of carbonyl (C=O) groups excluding carboxylic acids is 2. The molecule has 0 unspecified atom stereocenters. The highest BCUT2D eigenvalue weighted by molar-refractivity contribution is 6.02. The summed E-state index contributed by atoms with van der Waals surface area (Å²) in [5, 5.41) is 8.94. The monoisotopic (exact) mass is 372 g/mol. The summed E-state index contributed by atoms with van der Waals surface area (Å²) in [6, 6.07) is 5.77. The van der Waals surface area contributed by atoms with E-state index in [4.69, 9.17) is 0 Å². The van der Waals surface area contributed by atoms with Crippen molar-refractivity contribution in [1.29, 1.82) is 0 Å². The Balaban J connectivity index is 1.73. The maximum atomic E-state index is 12.7. The summed E-state index contributed by atoms with van der Waals surface area (Å²) in [5.74, 6) is -0.0942. The molecule has 1 heterocycles. The minimum Gasteiger partial charge on any atom is -0.371 e. The van der Waals surface area contributed by atoms with Crippen LogP contribution in [0.15, 0.2) is 18.2 Å². The van der Waals surface area contributed by atoms with E-state index in [1.807, 2.05) is 26.0 Å². The third-order valence-corrected chi connectivity index (χ3v) is 5.31. The lowest BCUT2D eigenvalue weighted by atomic mass is 9.96. The summed E-state index contributed by atoms with van der Waals surface area (Å²) < 4.78 is 0. The zero-order valence-electron chi connectivity index (χ0n) is 16.5. The molecular formula is C21H32N4O2. The van der Waals surface area contributed by atoms with Crippen molar-refractivity contribution in [2.75, 3.05) is 23.3 Å². The number of amides is 3. The summed E-state index contributed by atoms with van der Waals surface area (Å²) in [7, 11) is 0. The summed E-state index contributed by atoms with van der Waals surface area (Å²) in [6.07, 6.45) is 7.99. The number of hydrogen-bond donors (Lipinski definition) is 3. The summed E-state index contributed by atoms with van der Waals surface area (Å²) in [4.78, 5) is 27.3. The molecule has 1 aliphatic carbocycles. The van der Waals surface area contributed by atoms with E-state index in [1.54, 1.807) is 6.07 Å². The van der Waals surface area contributed by atoms with Gasteiger partial charge in [-0.15, -0.1) is 0 Å². The van der Waals surface area contributed by atoms with Crippen LogP contribution in [0.2, 0.25) is 0 Å². The van der Waals surface area contributed by atoms with Crippen LogP contribution in [0.25, 0.3) is 0 Å². The first-order valence-electron chi connectivity index (χ1n) is 10.3. The number of anilines is 2. The van der Waals surface area contributed by atoms with E-state index in [1.165, 1.54) is 19.3 Å². The van der Waals surface area contributed by atoms with Gasteiger partial charge in [0, 0.05) is 36.5 Å². The van der Waals surface area contributed by atoms with Gasteiger partial charge in [0.2, 0.25) is 0 Å². The van der Waals surface area contributed by atoms with Gasteiger partial charge in [0.25, 0.3) is 5.91 Å². The molecule has 2 fully saturated rings. The molecule has 1 saturated heterocycles. The first-order chi connectivity index (χ1) is 13.0. The fraction of sp³-hybridized carbons (Fsp3) is 0.619. The molecule has 0 atom stereocenters. The second-order valence-electron chi connectivity index (χ2n) is 7.99. The van der Waals surface area contributed by atoms with Gasteiger partial charge in [0.15, 0.2) is 0 Å². The molecule has 6 heteroatoms. The van der Waals surface area contributed by atoms with Crippen molar-refractivity contribution in [2.45, 2.75) is 70.9 Å². The topological polar surface area (TPSA) is 73.5 Å². The van der Waals surface area contributed by atoms with Gasteiger partial charge in [-0.05, 0) is 57.7 Å². The number of nitrogens with one attached hydrogen (secondary N) is 3. The summed E-state index contributed by atoms with van der Waals surface area (Å²) in [6.45, 7) is 5.84. The van der Waals surface area contributed by atoms with Gasteiger partial charge in [0.05, 0.1) is 5.56 Å². The first kappa shape index (κ1) is 19.5. The minimum absolute atomic E-state index is 0.0649. The summed E-state index contributed by atoms with van der Waals surface area (Å²) in [5.41, 5.74) is 2.23.